The molecule has 0 bridgehead atoms. The Kier molecular flexibility index (Phi) is 7.95. The van der Waals surface area contributed by atoms with Gasteiger partial charge < -0.3 is 14.4 Å². The molecule has 2 fully saturated rings. The van der Waals surface area contributed by atoms with Crippen LogP contribution in [0.3, 0.4) is 0 Å². The van der Waals surface area contributed by atoms with Crippen molar-refractivity contribution in [2.75, 3.05) is 20.3 Å². The maximum absolute atomic E-state index is 13.6. The number of carbonyl (C=O) groups excluding carboxylic acids is 1. The van der Waals surface area contributed by atoms with E-state index in [4.69, 9.17) is 9.47 Å². The van der Waals surface area contributed by atoms with Crippen molar-refractivity contribution in [1.29, 1.82) is 0 Å². The summed E-state index contributed by atoms with van der Waals surface area (Å²) in [6.45, 7) is 8.86. The second-order valence-electron chi connectivity index (χ2n) is 10.8. The van der Waals surface area contributed by atoms with E-state index in [0.29, 0.717) is 25.5 Å². The van der Waals surface area contributed by atoms with Crippen LogP contribution in [0.5, 0.6) is 5.75 Å². The van der Waals surface area contributed by atoms with Gasteiger partial charge in [-0.05, 0) is 54.2 Å². The number of amides is 1. The standard InChI is InChI=1S/C29H40N2O3/c1-29(2,3)24-12-14-26(33-4)23(18-24)19-30-27-15-13-25(22-10-6-5-7-11-22)31(27)28(32)17-21-9-8-16-34-20-21/h5-7,10-12,14,18,21,25,27,30H,8-9,13,15-17,19-20H2,1-4H3. The largest absolute Gasteiger partial charge is 0.496 e. The van der Waals surface area contributed by atoms with Crippen molar-refractivity contribution in [2.45, 2.75) is 77.0 Å². The van der Waals surface area contributed by atoms with Crippen LogP contribution >= 0.6 is 0 Å². The summed E-state index contributed by atoms with van der Waals surface area (Å²) in [6, 6.07) is 17.0. The third-order valence-corrected chi connectivity index (χ3v) is 7.25. The molecule has 5 nitrogen and oxygen atoms in total. The van der Waals surface area contributed by atoms with E-state index in [2.05, 4.69) is 73.5 Å². The van der Waals surface area contributed by atoms with Gasteiger partial charge in [-0.15, -0.1) is 0 Å². The van der Waals surface area contributed by atoms with Crippen LogP contribution in [0, 0.1) is 5.92 Å². The highest BCUT2D eigenvalue weighted by atomic mass is 16.5. The lowest BCUT2D eigenvalue weighted by Crippen LogP contribution is -2.46. The molecular weight excluding hydrogens is 424 g/mol. The smallest absolute Gasteiger partial charge is 0.224 e. The Morgan fingerprint density at radius 2 is 1.91 bits per heavy atom. The lowest BCUT2D eigenvalue weighted by molar-refractivity contribution is -0.137. The van der Waals surface area contributed by atoms with Crippen LogP contribution in [0.2, 0.25) is 0 Å². The third kappa shape index (κ3) is 5.81. The SMILES string of the molecule is COc1ccc(C(C)(C)C)cc1CNC1CCC(c2ccccc2)N1C(=O)CC1CCCOC1. The van der Waals surface area contributed by atoms with Gasteiger partial charge in [0, 0.05) is 31.7 Å². The van der Waals surface area contributed by atoms with Gasteiger partial charge in [0.2, 0.25) is 5.91 Å². The molecule has 2 heterocycles. The highest BCUT2D eigenvalue weighted by molar-refractivity contribution is 5.77. The zero-order valence-electron chi connectivity index (χ0n) is 21.2. The third-order valence-electron chi connectivity index (χ3n) is 7.25. The van der Waals surface area contributed by atoms with E-state index in [-0.39, 0.29) is 23.5 Å². The fourth-order valence-electron chi connectivity index (χ4n) is 5.29. The highest BCUT2D eigenvalue weighted by Crippen LogP contribution is 2.37. The second kappa shape index (κ2) is 10.9. The van der Waals surface area contributed by atoms with E-state index in [1.807, 2.05) is 6.07 Å². The number of nitrogens with zero attached hydrogens (tertiary/aromatic N) is 1. The molecule has 2 aromatic rings. The van der Waals surface area contributed by atoms with E-state index in [1.54, 1.807) is 7.11 Å². The molecule has 0 spiro atoms. The molecule has 2 aliphatic heterocycles. The second-order valence-corrected chi connectivity index (χ2v) is 10.8. The Balaban J connectivity index is 1.53. The van der Waals surface area contributed by atoms with E-state index < -0.39 is 0 Å². The predicted molar refractivity (Wildman–Crippen MR) is 136 cm³/mol. The summed E-state index contributed by atoms with van der Waals surface area (Å²) in [6.07, 6.45) is 4.59. The van der Waals surface area contributed by atoms with Crippen LogP contribution in [-0.4, -0.2) is 37.3 Å². The molecule has 0 saturated carbocycles. The normalized spacial score (nSPS) is 23.2. The summed E-state index contributed by atoms with van der Waals surface area (Å²) in [5, 5.41) is 3.71. The van der Waals surface area contributed by atoms with Crippen molar-refractivity contribution in [3.05, 3.63) is 65.2 Å². The molecule has 3 atom stereocenters. The Hall–Kier alpha value is -2.37. The van der Waals surface area contributed by atoms with Gasteiger partial charge in [-0.3, -0.25) is 10.1 Å². The summed E-state index contributed by atoms with van der Waals surface area (Å²) in [4.78, 5) is 15.7. The molecule has 2 aromatic carbocycles. The number of hydrogen-bond acceptors (Lipinski definition) is 4. The lowest BCUT2D eigenvalue weighted by Gasteiger charge is -2.33. The first kappa shape index (κ1) is 24.7. The van der Waals surface area contributed by atoms with Crippen molar-refractivity contribution in [3.63, 3.8) is 0 Å². The van der Waals surface area contributed by atoms with Crippen molar-refractivity contribution in [3.8, 4) is 5.75 Å². The molecule has 0 aromatic heterocycles. The number of likely N-dealkylation sites (tertiary alicyclic amines) is 1. The van der Waals surface area contributed by atoms with Crippen LogP contribution in [0.15, 0.2) is 48.5 Å². The van der Waals surface area contributed by atoms with E-state index in [9.17, 15) is 4.79 Å². The Morgan fingerprint density at radius 3 is 2.59 bits per heavy atom. The number of carbonyl (C=O) groups is 1. The fraction of sp³-hybridized carbons (Fsp3) is 0.552. The number of methoxy groups -OCH3 is 1. The average Bonchev–Trinajstić information content (AvgIpc) is 3.27. The minimum Gasteiger partial charge on any atom is -0.496 e. The molecule has 0 aliphatic carbocycles. The monoisotopic (exact) mass is 464 g/mol. The molecular formula is C29H40N2O3. The first-order valence-corrected chi connectivity index (χ1v) is 12.7. The van der Waals surface area contributed by atoms with Crippen LogP contribution in [-0.2, 0) is 21.5 Å². The number of nitrogens with one attached hydrogen (secondary N) is 1. The summed E-state index contributed by atoms with van der Waals surface area (Å²) in [5.41, 5.74) is 3.69. The van der Waals surface area contributed by atoms with Crippen molar-refractivity contribution in [2.24, 2.45) is 5.92 Å². The molecule has 2 saturated heterocycles. The van der Waals surface area contributed by atoms with Crippen molar-refractivity contribution in [1.82, 2.24) is 10.2 Å². The molecule has 1 N–H and O–H groups in total. The molecule has 184 valence electrons. The van der Waals surface area contributed by atoms with Gasteiger partial charge >= 0.3 is 0 Å². The average molecular weight is 465 g/mol. The number of ether oxygens (including phenoxy) is 2. The van der Waals surface area contributed by atoms with Gasteiger partial charge in [0.05, 0.1) is 19.3 Å². The number of rotatable bonds is 7. The molecule has 1 amide bonds. The lowest BCUT2D eigenvalue weighted by atomic mass is 9.86. The Morgan fingerprint density at radius 1 is 1.12 bits per heavy atom. The van der Waals surface area contributed by atoms with Gasteiger partial charge in [0.1, 0.15) is 5.75 Å². The van der Waals surface area contributed by atoms with E-state index in [0.717, 1.165) is 43.6 Å². The van der Waals surface area contributed by atoms with Crippen LogP contribution < -0.4 is 10.1 Å². The summed E-state index contributed by atoms with van der Waals surface area (Å²) >= 11 is 0. The molecule has 5 heteroatoms. The molecule has 34 heavy (non-hydrogen) atoms. The van der Waals surface area contributed by atoms with Gasteiger partial charge in [-0.2, -0.15) is 0 Å². The maximum Gasteiger partial charge on any atom is 0.224 e. The molecule has 4 rings (SSSR count). The number of hydrogen-bond donors (Lipinski definition) is 1. The van der Waals surface area contributed by atoms with E-state index in [1.165, 1.54) is 11.1 Å². The Labute approximate surface area is 204 Å². The fourth-order valence-corrected chi connectivity index (χ4v) is 5.29. The summed E-state index contributed by atoms with van der Waals surface area (Å²) in [7, 11) is 1.72. The number of benzene rings is 2. The highest BCUT2D eigenvalue weighted by Gasteiger charge is 2.38. The first-order valence-electron chi connectivity index (χ1n) is 12.7. The first-order chi connectivity index (χ1) is 16.4. The van der Waals surface area contributed by atoms with Crippen LogP contribution in [0.4, 0.5) is 0 Å². The predicted octanol–water partition coefficient (Wildman–Crippen LogP) is 5.59. The molecule has 2 aliphatic rings. The zero-order chi connectivity index (χ0) is 24.1. The van der Waals surface area contributed by atoms with Gasteiger partial charge in [-0.25, -0.2) is 0 Å². The van der Waals surface area contributed by atoms with Crippen molar-refractivity contribution >= 4 is 5.91 Å². The molecule has 3 unspecified atom stereocenters. The zero-order valence-corrected chi connectivity index (χ0v) is 21.2. The van der Waals surface area contributed by atoms with Gasteiger partial charge in [0.15, 0.2) is 0 Å². The van der Waals surface area contributed by atoms with Gasteiger partial charge in [0.25, 0.3) is 0 Å². The van der Waals surface area contributed by atoms with E-state index >= 15 is 0 Å². The van der Waals surface area contributed by atoms with Crippen molar-refractivity contribution < 1.29 is 14.3 Å². The van der Waals surface area contributed by atoms with Gasteiger partial charge in [-0.1, -0.05) is 63.2 Å². The van der Waals surface area contributed by atoms with Crippen LogP contribution in [0.25, 0.3) is 0 Å². The Bertz CT molecular complexity index is 948. The minimum absolute atomic E-state index is 0.00483. The summed E-state index contributed by atoms with van der Waals surface area (Å²) in [5.74, 6) is 1.44. The topological polar surface area (TPSA) is 50.8 Å². The molecule has 0 radical (unpaired) electrons. The summed E-state index contributed by atoms with van der Waals surface area (Å²) < 4.78 is 11.3. The quantitative estimate of drug-likeness (QED) is 0.580. The minimum atomic E-state index is 0.00483. The van der Waals surface area contributed by atoms with Crippen LogP contribution in [0.1, 0.15) is 75.6 Å². The maximum atomic E-state index is 13.6.